The minimum absolute atomic E-state index is 0.190. The number of hydrogen-bond donors (Lipinski definition) is 0. The lowest BCUT2D eigenvalue weighted by Crippen LogP contribution is -2.13. The van der Waals surface area contributed by atoms with Crippen molar-refractivity contribution in [2.24, 2.45) is 0 Å². The zero-order valence-electron chi connectivity index (χ0n) is 11.8. The lowest BCUT2D eigenvalue weighted by atomic mass is 10.3. The van der Waals surface area contributed by atoms with E-state index in [1.807, 2.05) is 30.3 Å². The van der Waals surface area contributed by atoms with Gasteiger partial charge in [-0.1, -0.05) is 18.2 Å². The Hall–Kier alpha value is -1.66. The molecule has 0 saturated heterocycles. The lowest BCUT2D eigenvalue weighted by molar-refractivity contribution is -0.142. The quantitative estimate of drug-likeness (QED) is 0.391. The molecule has 0 radical (unpaired) electrons. The molecule has 116 valence electrons. The molecule has 0 N–H and O–H groups in total. The van der Waals surface area contributed by atoms with Gasteiger partial charge in [-0.15, -0.1) is 11.3 Å². The molecule has 0 aliphatic heterocycles. The van der Waals surface area contributed by atoms with Gasteiger partial charge in [0.05, 0.1) is 15.3 Å². The predicted molar refractivity (Wildman–Crippen MR) is 88.5 cm³/mol. The maximum absolute atomic E-state index is 11.8. The Bertz CT molecular complexity index is 624. The van der Waals surface area contributed by atoms with Gasteiger partial charge < -0.3 is 9.47 Å². The second-order valence-electron chi connectivity index (χ2n) is 4.45. The maximum atomic E-state index is 11.8. The molecule has 1 aromatic heterocycles. The number of carbonyl (C=O) groups excluding carboxylic acids is 2. The Balaban J connectivity index is 1.61. The van der Waals surface area contributed by atoms with E-state index in [4.69, 9.17) is 9.47 Å². The third-order valence-corrected chi connectivity index (χ3v) is 4.41. The van der Waals surface area contributed by atoms with Crippen LogP contribution in [0.3, 0.4) is 0 Å². The Labute approximate surface area is 141 Å². The lowest BCUT2D eigenvalue weighted by Gasteiger charge is -2.06. The Morgan fingerprint density at radius 2 is 1.86 bits per heavy atom. The number of esters is 1. The molecule has 0 spiro atoms. The third-order valence-electron chi connectivity index (χ3n) is 2.75. The van der Waals surface area contributed by atoms with Crippen molar-refractivity contribution in [1.82, 2.24) is 0 Å². The Morgan fingerprint density at radius 3 is 2.55 bits per heavy atom. The summed E-state index contributed by atoms with van der Waals surface area (Å²) in [4.78, 5) is 23.9. The summed E-state index contributed by atoms with van der Waals surface area (Å²) in [5.74, 6) is 0.194. The largest absolute Gasteiger partial charge is 0.494 e. The highest BCUT2D eigenvalue weighted by Crippen LogP contribution is 2.22. The van der Waals surface area contributed by atoms with Crippen LogP contribution in [0.1, 0.15) is 22.5 Å². The van der Waals surface area contributed by atoms with E-state index >= 15 is 0 Å². The van der Waals surface area contributed by atoms with Gasteiger partial charge in [-0.05, 0) is 46.6 Å². The molecule has 22 heavy (non-hydrogen) atoms. The van der Waals surface area contributed by atoms with Crippen molar-refractivity contribution < 1.29 is 19.1 Å². The van der Waals surface area contributed by atoms with Crippen LogP contribution in [0.2, 0.25) is 0 Å². The van der Waals surface area contributed by atoms with Crippen molar-refractivity contribution in [2.45, 2.75) is 12.8 Å². The van der Waals surface area contributed by atoms with Gasteiger partial charge in [0.1, 0.15) is 5.75 Å². The summed E-state index contributed by atoms with van der Waals surface area (Å²) in [6, 6.07) is 12.9. The van der Waals surface area contributed by atoms with Crippen molar-refractivity contribution in [1.29, 1.82) is 0 Å². The minimum atomic E-state index is -0.388. The van der Waals surface area contributed by atoms with Crippen molar-refractivity contribution in [3.63, 3.8) is 0 Å². The van der Waals surface area contributed by atoms with Gasteiger partial charge in [0.25, 0.3) is 0 Å². The van der Waals surface area contributed by atoms with Crippen LogP contribution in [0, 0.1) is 0 Å². The number of benzene rings is 1. The second-order valence-corrected chi connectivity index (χ2v) is 6.92. The summed E-state index contributed by atoms with van der Waals surface area (Å²) in [5, 5.41) is 0. The number of halogens is 1. The number of ether oxygens (including phenoxy) is 2. The van der Waals surface area contributed by atoms with Gasteiger partial charge >= 0.3 is 5.97 Å². The molecule has 0 saturated carbocycles. The number of hydrogen-bond acceptors (Lipinski definition) is 5. The summed E-state index contributed by atoms with van der Waals surface area (Å²) in [5.41, 5.74) is 0. The molecular formula is C16H15BrO4S. The monoisotopic (exact) mass is 382 g/mol. The summed E-state index contributed by atoms with van der Waals surface area (Å²) in [7, 11) is 0. The molecule has 0 atom stereocenters. The first kappa shape index (κ1) is 16.7. The molecule has 1 aromatic carbocycles. The number of Topliss-reactive ketones (excluding diaryl/α,β-unsaturated/α-hetero) is 1. The third kappa shape index (κ3) is 5.61. The van der Waals surface area contributed by atoms with Gasteiger partial charge in [0, 0.05) is 6.42 Å². The number of carbonyl (C=O) groups is 2. The molecule has 6 heteroatoms. The number of para-hydroxylation sites is 1. The van der Waals surface area contributed by atoms with E-state index in [-0.39, 0.29) is 24.8 Å². The number of ketones is 1. The molecule has 2 aromatic rings. The van der Waals surface area contributed by atoms with Crippen LogP contribution in [0.4, 0.5) is 0 Å². The fourth-order valence-electron chi connectivity index (χ4n) is 1.68. The first-order valence-corrected chi connectivity index (χ1v) is 8.38. The molecule has 0 amide bonds. The highest BCUT2D eigenvalue weighted by Gasteiger charge is 2.11. The van der Waals surface area contributed by atoms with Gasteiger partial charge in [0.2, 0.25) is 5.78 Å². The average molecular weight is 383 g/mol. The second kappa shape index (κ2) is 8.70. The first-order valence-electron chi connectivity index (χ1n) is 6.77. The van der Waals surface area contributed by atoms with Crippen LogP contribution >= 0.6 is 27.3 Å². The molecule has 2 rings (SSSR count). The molecule has 0 unspecified atom stereocenters. The summed E-state index contributed by atoms with van der Waals surface area (Å²) >= 11 is 4.61. The fraction of sp³-hybridized carbons (Fsp3) is 0.250. The van der Waals surface area contributed by atoms with Gasteiger partial charge in [0.15, 0.2) is 6.61 Å². The topological polar surface area (TPSA) is 52.6 Å². The van der Waals surface area contributed by atoms with Crippen LogP contribution < -0.4 is 4.74 Å². The number of rotatable bonds is 8. The van der Waals surface area contributed by atoms with E-state index < -0.39 is 0 Å². The SMILES string of the molecule is O=C(CCCOc1ccccc1)OCC(=O)c1ccc(Br)s1. The summed E-state index contributed by atoms with van der Waals surface area (Å²) in [6.07, 6.45) is 0.778. The van der Waals surface area contributed by atoms with Crippen LogP contribution in [-0.2, 0) is 9.53 Å². The van der Waals surface area contributed by atoms with Crippen molar-refractivity contribution >= 4 is 39.0 Å². The molecule has 0 aliphatic carbocycles. The van der Waals surface area contributed by atoms with E-state index in [0.29, 0.717) is 17.9 Å². The fourth-order valence-corrected chi connectivity index (χ4v) is 2.99. The summed E-state index contributed by atoms with van der Waals surface area (Å²) in [6.45, 7) is 0.219. The Morgan fingerprint density at radius 1 is 1.09 bits per heavy atom. The van der Waals surface area contributed by atoms with Gasteiger partial charge in [-0.3, -0.25) is 9.59 Å². The number of thiophene rings is 1. The molecule has 4 nitrogen and oxygen atoms in total. The summed E-state index contributed by atoms with van der Waals surface area (Å²) < 4.78 is 11.3. The van der Waals surface area contributed by atoms with Gasteiger partial charge in [-0.2, -0.15) is 0 Å². The van der Waals surface area contributed by atoms with E-state index in [1.54, 1.807) is 12.1 Å². The molecule has 0 bridgehead atoms. The normalized spacial score (nSPS) is 10.2. The zero-order chi connectivity index (χ0) is 15.8. The van der Waals surface area contributed by atoms with Crippen molar-refractivity contribution in [3.8, 4) is 5.75 Å². The van der Waals surface area contributed by atoms with Crippen LogP contribution in [0.25, 0.3) is 0 Å². The minimum Gasteiger partial charge on any atom is -0.494 e. The zero-order valence-corrected chi connectivity index (χ0v) is 14.2. The smallest absolute Gasteiger partial charge is 0.306 e. The highest BCUT2D eigenvalue weighted by molar-refractivity contribution is 9.11. The molecule has 0 aliphatic rings. The van der Waals surface area contributed by atoms with Gasteiger partial charge in [-0.25, -0.2) is 0 Å². The molecular weight excluding hydrogens is 368 g/mol. The molecule has 1 heterocycles. The first-order chi connectivity index (χ1) is 10.6. The predicted octanol–water partition coefficient (Wildman–Crippen LogP) is 4.10. The van der Waals surface area contributed by atoms with Crippen molar-refractivity contribution in [3.05, 3.63) is 51.1 Å². The van der Waals surface area contributed by atoms with E-state index in [9.17, 15) is 9.59 Å². The van der Waals surface area contributed by atoms with E-state index in [2.05, 4.69) is 15.9 Å². The highest BCUT2D eigenvalue weighted by atomic mass is 79.9. The molecule has 0 fully saturated rings. The van der Waals surface area contributed by atoms with E-state index in [0.717, 1.165) is 9.54 Å². The maximum Gasteiger partial charge on any atom is 0.306 e. The van der Waals surface area contributed by atoms with E-state index in [1.165, 1.54) is 11.3 Å². The average Bonchev–Trinajstić information content (AvgIpc) is 2.97. The van der Waals surface area contributed by atoms with Crippen LogP contribution in [0.15, 0.2) is 46.3 Å². The van der Waals surface area contributed by atoms with Crippen molar-refractivity contribution in [2.75, 3.05) is 13.2 Å². The Kier molecular flexibility index (Phi) is 6.61. The van der Waals surface area contributed by atoms with Crippen LogP contribution in [-0.4, -0.2) is 25.0 Å². The van der Waals surface area contributed by atoms with Crippen LogP contribution in [0.5, 0.6) is 5.75 Å². The standard InChI is InChI=1S/C16H15BrO4S/c17-15-9-8-14(22-15)13(18)11-21-16(19)7-4-10-20-12-5-2-1-3-6-12/h1-3,5-6,8-9H,4,7,10-11H2.